The summed E-state index contributed by atoms with van der Waals surface area (Å²) in [5, 5.41) is 2.90. The van der Waals surface area contributed by atoms with Gasteiger partial charge in [-0.1, -0.05) is 19.4 Å². The molecular formula is C24H31N3O4. The third kappa shape index (κ3) is 6.72. The largest absolute Gasteiger partial charge is 0.497 e. The van der Waals surface area contributed by atoms with E-state index in [0.29, 0.717) is 24.4 Å². The Morgan fingerprint density at radius 1 is 1.03 bits per heavy atom. The number of carbonyl (C=O) groups excluding carboxylic acids is 2. The zero-order valence-corrected chi connectivity index (χ0v) is 18.3. The molecule has 0 spiro atoms. The smallest absolute Gasteiger partial charge is 0.338 e. The Bertz CT molecular complexity index is 861. The van der Waals surface area contributed by atoms with Gasteiger partial charge in [-0.05, 0) is 42.8 Å². The fourth-order valence-electron chi connectivity index (χ4n) is 3.46. The molecule has 2 aromatic rings. The molecule has 3 rings (SSSR count). The summed E-state index contributed by atoms with van der Waals surface area (Å²) in [6, 6.07) is 14.9. The van der Waals surface area contributed by atoms with E-state index in [0.717, 1.165) is 50.5 Å². The average Bonchev–Trinajstić information content (AvgIpc) is 2.80. The molecule has 0 saturated carbocycles. The third-order valence-electron chi connectivity index (χ3n) is 5.29. The molecular weight excluding hydrogens is 394 g/mol. The van der Waals surface area contributed by atoms with Crippen molar-refractivity contribution in [1.29, 1.82) is 0 Å². The van der Waals surface area contributed by atoms with Crippen molar-refractivity contribution >= 4 is 23.3 Å². The molecule has 1 aliphatic rings. The lowest BCUT2D eigenvalue weighted by molar-refractivity contribution is -0.117. The SMILES string of the molecule is CCCCOC(=O)c1ccc(NC(=O)CN2CCN(c3cccc(OC)c3)CC2)cc1. The standard InChI is InChI=1S/C24H31N3O4/c1-3-4-16-31-24(29)19-8-10-20(11-9-19)25-23(28)18-26-12-14-27(15-13-26)21-6-5-7-22(17-21)30-2/h5-11,17H,3-4,12-16,18H2,1-2H3,(H,25,28). The number of nitrogens with one attached hydrogen (secondary N) is 1. The van der Waals surface area contributed by atoms with Gasteiger partial charge in [0.05, 0.1) is 25.8 Å². The van der Waals surface area contributed by atoms with Crippen LogP contribution in [0, 0.1) is 0 Å². The van der Waals surface area contributed by atoms with Crippen molar-refractivity contribution in [2.75, 3.05) is 56.7 Å². The highest BCUT2D eigenvalue weighted by atomic mass is 16.5. The second-order valence-electron chi connectivity index (χ2n) is 7.58. The summed E-state index contributed by atoms with van der Waals surface area (Å²) in [5.41, 5.74) is 2.30. The first-order valence-electron chi connectivity index (χ1n) is 10.8. The molecule has 0 aliphatic carbocycles. The van der Waals surface area contributed by atoms with Crippen molar-refractivity contribution < 1.29 is 19.1 Å². The Labute approximate surface area is 183 Å². The van der Waals surface area contributed by atoms with Crippen molar-refractivity contribution in [3.05, 3.63) is 54.1 Å². The number of benzene rings is 2. The lowest BCUT2D eigenvalue weighted by Crippen LogP contribution is -2.48. The maximum absolute atomic E-state index is 12.4. The first-order chi connectivity index (χ1) is 15.1. The van der Waals surface area contributed by atoms with Gasteiger partial charge in [-0.25, -0.2) is 4.79 Å². The number of amides is 1. The van der Waals surface area contributed by atoms with Gasteiger partial charge in [0.25, 0.3) is 0 Å². The number of methoxy groups -OCH3 is 1. The maximum atomic E-state index is 12.4. The van der Waals surface area contributed by atoms with Crippen molar-refractivity contribution in [3.8, 4) is 5.75 Å². The topological polar surface area (TPSA) is 71.1 Å². The molecule has 0 aromatic heterocycles. The van der Waals surface area contributed by atoms with Gasteiger partial charge in [-0.15, -0.1) is 0 Å². The fraction of sp³-hybridized carbons (Fsp3) is 0.417. The molecule has 7 nitrogen and oxygen atoms in total. The van der Waals surface area contributed by atoms with Gasteiger partial charge in [-0.3, -0.25) is 9.69 Å². The number of hydrogen-bond donors (Lipinski definition) is 1. The number of ether oxygens (including phenoxy) is 2. The molecule has 31 heavy (non-hydrogen) atoms. The van der Waals surface area contributed by atoms with Crippen LogP contribution in [-0.4, -0.2) is 63.2 Å². The molecule has 1 fully saturated rings. The minimum Gasteiger partial charge on any atom is -0.497 e. The maximum Gasteiger partial charge on any atom is 0.338 e. The molecule has 166 valence electrons. The molecule has 7 heteroatoms. The van der Waals surface area contributed by atoms with E-state index in [1.165, 1.54) is 0 Å². The normalized spacial score (nSPS) is 14.2. The molecule has 1 N–H and O–H groups in total. The number of rotatable bonds is 9. The van der Waals surface area contributed by atoms with Crippen molar-refractivity contribution in [1.82, 2.24) is 4.90 Å². The van der Waals surface area contributed by atoms with Gasteiger partial charge in [0.1, 0.15) is 5.75 Å². The zero-order valence-electron chi connectivity index (χ0n) is 18.3. The molecule has 0 bridgehead atoms. The highest BCUT2D eigenvalue weighted by Gasteiger charge is 2.19. The lowest BCUT2D eigenvalue weighted by Gasteiger charge is -2.35. The van der Waals surface area contributed by atoms with Crippen LogP contribution in [0.1, 0.15) is 30.1 Å². The summed E-state index contributed by atoms with van der Waals surface area (Å²) >= 11 is 0. The summed E-state index contributed by atoms with van der Waals surface area (Å²) < 4.78 is 10.5. The number of unbranched alkanes of at least 4 members (excludes halogenated alkanes) is 1. The average molecular weight is 426 g/mol. The monoisotopic (exact) mass is 425 g/mol. The number of piperazine rings is 1. The molecule has 1 heterocycles. The van der Waals surface area contributed by atoms with Crippen LogP contribution in [0.3, 0.4) is 0 Å². The molecule has 2 aromatic carbocycles. The predicted molar refractivity (Wildman–Crippen MR) is 122 cm³/mol. The van der Waals surface area contributed by atoms with E-state index in [1.807, 2.05) is 25.1 Å². The summed E-state index contributed by atoms with van der Waals surface area (Å²) in [4.78, 5) is 28.8. The fourth-order valence-corrected chi connectivity index (χ4v) is 3.46. The van der Waals surface area contributed by atoms with E-state index in [-0.39, 0.29) is 11.9 Å². The number of carbonyl (C=O) groups is 2. The van der Waals surface area contributed by atoms with Crippen LogP contribution < -0.4 is 15.0 Å². The van der Waals surface area contributed by atoms with Crippen LogP contribution in [0.15, 0.2) is 48.5 Å². The summed E-state index contributed by atoms with van der Waals surface area (Å²) in [5.74, 6) is 0.452. The van der Waals surface area contributed by atoms with Gasteiger partial charge in [0.2, 0.25) is 5.91 Å². The Kier molecular flexibility index (Phi) is 8.29. The van der Waals surface area contributed by atoms with Crippen LogP contribution in [0.2, 0.25) is 0 Å². The highest BCUT2D eigenvalue weighted by Crippen LogP contribution is 2.22. The van der Waals surface area contributed by atoms with E-state index in [4.69, 9.17) is 9.47 Å². The number of esters is 1. The minimum absolute atomic E-state index is 0.0619. The van der Waals surface area contributed by atoms with Gasteiger partial charge in [0, 0.05) is 43.6 Å². The van der Waals surface area contributed by atoms with Crippen LogP contribution in [-0.2, 0) is 9.53 Å². The zero-order chi connectivity index (χ0) is 22.1. The van der Waals surface area contributed by atoms with E-state index >= 15 is 0 Å². The Balaban J connectivity index is 1.43. The molecule has 0 radical (unpaired) electrons. The second kappa shape index (κ2) is 11.4. The van der Waals surface area contributed by atoms with Crippen LogP contribution in [0.25, 0.3) is 0 Å². The van der Waals surface area contributed by atoms with Crippen LogP contribution in [0.5, 0.6) is 5.75 Å². The van der Waals surface area contributed by atoms with E-state index in [1.54, 1.807) is 31.4 Å². The summed E-state index contributed by atoms with van der Waals surface area (Å²) in [6.07, 6.45) is 1.84. The Hall–Kier alpha value is -3.06. The van der Waals surface area contributed by atoms with Gasteiger partial charge in [-0.2, -0.15) is 0 Å². The molecule has 0 atom stereocenters. The highest BCUT2D eigenvalue weighted by molar-refractivity contribution is 5.94. The Morgan fingerprint density at radius 2 is 1.77 bits per heavy atom. The van der Waals surface area contributed by atoms with E-state index in [9.17, 15) is 9.59 Å². The predicted octanol–water partition coefficient (Wildman–Crippen LogP) is 3.41. The first-order valence-corrected chi connectivity index (χ1v) is 10.8. The number of hydrogen-bond acceptors (Lipinski definition) is 6. The quantitative estimate of drug-likeness (QED) is 0.490. The number of nitrogens with zero attached hydrogens (tertiary/aromatic N) is 2. The number of anilines is 2. The molecule has 1 amide bonds. The van der Waals surface area contributed by atoms with E-state index in [2.05, 4.69) is 21.2 Å². The molecule has 1 saturated heterocycles. The van der Waals surface area contributed by atoms with Crippen LogP contribution in [0.4, 0.5) is 11.4 Å². The minimum atomic E-state index is -0.333. The van der Waals surface area contributed by atoms with Crippen LogP contribution >= 0.6 is 0 Å². The Morgan fingerprint density at radius 3 is 2.45 bits per heavy atom. The lowest BCUT2D eigenvalue weighted by atomic mass is 10.2. The molecule has 1 aliphatic heterocycles. The van der Waals surface area contributed by atoms with E-state index < -0.39 is 0 Å². The summed E-state index contributed by atoms with van der Waals surface area (Å²) in [6.45, 7) is 6.16. The van der Waals surface area contributed by atoms with Crippen molar-refractivity contribution in [2.45, 2.75) is 19.8 Å². The summed E-state index contributed by atoms with van der Waals surface area (Å²) in [7, 11) is 1.67. The van der Waals surface area contributed by atoms with Gasteiger partial charge in [0.15, 0.2) is 0 Å². The van der Waals surface area contributed by atoms with Crippen molar-refractivity contribution in [3.63, 3.8) is 0 Å². The second-order valence-corrected chi connectivity index (χ2v) is 7.58. The van der Waals surface area contributed by atoms with Crippen molar-refractivity contribution in [2.24, 2.45) is 0 Å². The first kappa shape index (κ1) is 22.6. The van der Waals surface area contributed by atoms with Gasteiger partial charge < -0.3 is 19.7 Å². The third-order valence-corrected chi connectivity index (χ3v) is 5.29. The van der Waals surface area contributed by atoms with Gasteiger partial charge >= 0.3 is 5.97 Å². The molecule has 0 unspecified atom stereocenters.